The van der Waals surface area contributed by atoms with Gasteiger partial charge in [0.2, 0.25) is 0 Å². The number of H-pyrrole nitrogens is 1. The molecule has 2 heterocycles. The highest BCUT2D eigenvalue weighted by Gasteiger charge is 2.18. The van der Waals surface area contributed by atoms with Crippen LogP contribution in [0.1, 0.15) is 27.3 Å². The number of ether oxygens (including phenoxy) is 1. The molecule has 9 nitrogen and oxygen atoms in total. The number of nitrogens with one attached hydrogen (secondary N) is 1. The van der Waals surface area contributed by atoms with Crippen LogP contribution in [-0.2, 0) is 0 Å². The summed E-state index contributed by atoms with van der Waals surface area (Å²) in [5, 5.41) is 20.6. The van der Waals surface area contributed by atoms with Gasteiger partial charge < -0.3 is 4.74 Å². The molecule has 0 saturated carbocycles. The third-order valence-corrected chi connectivity index (χ3v) is 5.34. The molecule has 1 aromatic carbocycles. The lowest BCUT2D eigenvalue weighted by Gasteiger charge is -2.06. The molecule has 2 aromatic heterocycles. The van der Waals surface area contributed by atoms with Crippen LogP contribution in [0.3, 0.4) is 0 Å². The molecule has 0 atom stereocenters. The van der Waals surface area contributed by atoms with Gasteiger partial charge in [0.25, 0.3) is 5.91 Å². The number of pyridine rings is 1. The number of aryl methyl sites for hydroxylation is 3. The SMILES string of the molecule is COc1ccc(N=Nc2c(C)[nH]n(C(=O)CSc3nc(C)cc(C)c3C#N)c2=O)cc1. The third kappa shape index (κ3) is 4.90. The molecule has 0 bridgehead atoms. The van der Waals surface area contributed by atoms with Crippen molar-refractivity contribution in [3.05, 3.63) is 63.2 Å². The quantitative estimate of drug-likeness (QED) is 0.455. The number of aromatic nitrogens is 3. The fourth-order valence-electron chi connectivity index (χ4n) is 2.83. The maximum Gasteiger partial charge on any atom is 0.301 e. The number of azo groups is 1. The number of thioether (sulfide) groups is 1. The smallest absolute Gasteiger partial charge is 0.301 e. The largest absolute Gasteiger partial charge is 0.497 e. The maximum atomic E-state index is 12.7. The van der Waals surface area contributed by atoms with Crippen LogP contribution in [0.25, 0.3) is 0 Å². The van der Waals surface area contributed by atoms with Crippen molar-refractivity contribution in [2.75, 3.05) is 12.9 Å². The molecule has 0 spiro atoms. The van der Waals surface area contributed by atoms with Gasteiger partial charge in [0.15, 0.2) is 5.69 Å². The number of nitrogens with zero attached hydrogens (tertiary/aromatic N) is 5. The highest BCUT2D eigenvalue weighted by Crippen LogP contribution is 2.24. The summed E-state index contributed by atoms with van der Waals surface area (Å²) in [7, 11) is 1.56. The van der Waals surface area contributed by atoms with Gasteiger partial charge >= 0.3 is 5.56 Å². The van der Waals surface area contributed by atoms with Crippen molar-refractivity contribution in [3.8, 4) is 11.8 Å². The summed E-state index contributed by atoms with van der Waals surface area (Å²) >= 11 is 1.11. The number of aromatic amines is 1. The molecule has 10 heteroatoms. The van der Waals surface area contributed by atoms with Crippen LogP contribution in [0.4, 0.5) is 11.4 Å². The average Bonchev–Trinajstić information content (AvgIpc) is 3.04. The van der Waals surface area contributed by atoms with E-state index >= 15 is 0 Å². The van der Waals surface area contributed by atoms with Crippen LogP contribution < -0.4 is 10.3 Å². The second kappa shape index (κ2) is 9.40. The number of hydrogen-bond donors (Lipinski definition) is 1. The number of nitriles is 1. The molecule has 0 unspecified atom stereocenters. The van der Waals surface area contributed by atoms with Crippen molar-refractivity contribution in [3.63, 3.8) is 0 Å². The molecule has 0 aliphatic heterocycles. The number of hydrogen-bond acceptors (Lipinski definition) is 8. The zero-order chi connectivity index (χ0) is 22.5. The van der Waals surface area contributed by atoms with E-state index in [1.54, 1.807) is 38.3 Å². The minimum atomic E-state index is -0.589. The zero-order valence-electron chi connectivity index (χ0n) is 17.5. The summed E-state index contributed by atoms with van der Waals surface area (Å²) in [5.74, 6) is 0.133. The highest BCUT2D eigenvalue weighted by atomic mass is 32.2. The topological polar surface area (TPSA) is 125 Å². The van der Waals surface area contributed by atoms with Crippen molar-refractivity contribution in [1.29, 1.82) is 5.26 Å². The Morgan fingerprint density at radius 1 is 1.26 bits per heavy atom. The van der Waals surface area contributed by atoms with Crippen LogP contribution in [0.2, 0.25) is 0 Å². The Kier molecular flexibility index (Phi) is 6.67. The molecule has 0 fully saturated rings. The first-order chi connectivity index (χ1) is 14.8. The van der Waals surface area contributed by atoms with Gasteiger partial charge in [-0.2, -0.15) is 15.1 Å². The molecule has 0 saturated heterocycles. The summed E-state index contributed by atoms with van der Waals surface area (Å²) in [6, 6.07) is 10.8. The highest BCUT2D eigenvalue weighted by molar-refractivity contribution is 8.00. The molecule has 0 aliphatic rings. The number of rotatable bonds is 6. The maximum absolute atomic E-state index is 12.7. The number of carbonyl (C=O) groups excluding carboxylic acids is 1. The van der Waals surface area contributed by atoms with Crippen LogP contribution in [0.15, 0.2) is 50.4 Å². The van der Waals surface area contributed by atoms with E-state index in [9.17, 15) is 14.9 Å². The van der Waals surface area contributed by atoms with Crippen molar-refractivity contribution >= 4 is 29.0 Å². The van der Waals surface area contributed by atoms with E-state index < -0.39 is 11.5 Å². The van der Waals surface area contributed by atoms with E-state index in [1.165, 1.54) is 0 Å². The standard InChI is InChI=1S/C21H20N6O3S/c1-12-9-13(2)23-20(17(12)10-22)31-11-18(28)27-21(29)19(14(3)26-27)25-24-15-5-7-16(30-4)8-6-15/h5-9,26H,11H2,1-4H3. The minimum absolute atomic E-state index is 0.0522. The number of methoxy groups -OCH3 is 1. The van der Waals surface area contributed by atoms with Gasteiger partial charge in [-0.3, -0.25) is 14.7 Å². The fraction of sp³-hybridized carbons (Fsp3) is 0.238. The van der Waals surface area contributed by atoms with Gasteiger partial charge in [-0.25, -0.2) is 4.98 Å². The van der Waals surface area contributed by atoms with Crippen LogP contribution in [0, 0.1) is 32.1 Å². The molecule has 31 heavy (non-hydrogen) atoms. The third-order valence-electron chi connectivity index (χ3n) is 4.38. The summed E-state index contributed by atoms with van der Waals surface area (Å²) < 4.78 is 5.99. The van der Waals surface area contributed by atoms with Crippen molar-refractivity contribution in [2.45, 2.75) is 25.8 Å². The van der Waals surface area contributed by atoms with E-state index in [-0.39, 0.29) is 11.4 Å². The lowest BCUT2D eigenvalue weighted by molar-refractivity contribution is 0.0922. The predicted molar refractivity (Wildman–Crippen MR) is 117 cm³/mol. The number of carbonyl (C=O) groups is 1. The van der Waals surface area contributed by atoms with E-state index in [0.29, 0.717) is 27.7 Å². The molecule has 0 amide bonds. The van der Waals surface area contributed by atoms with Crippen LogP contribution >= 0.6 is 11.8 Å². The average molecular weight is 436 g/mol. The van der Waals surface area contributed by atoms with Gasteiger partial charge in [0.1, 0.15) is 16.8 Å². The van der Waals surface area contributed by atoms with Gasteiger partial charge in [0, 0.05) is 5.69 Å². The lowest BCUT2D eigenvalue weighted by Crippen LogP contribution is -2.26. The van der Waals surface area contributed by atoms with Gasteiger partial charge in [-0.15, -0.1) is 5.11 Å². The normalized spacial score (nSPS) is 10.9. The first kappa shape index (κ1) is 22.0. The Bertz CT molecular complexity index is 1250. The lowest BCUT2D eigenvalue weighted by atomic mass is 10.1. The second-order valence-electron chi connectivity index (χ2n) is 6.68. The Hall–Kier alpha value is -3.71. The first-order valence-corrected chi connectivity index (χ1v) is 10.2. The molecule has 3 rings (SSSR count). The fourth-order valence-corrected chi connectivity index (χ4v) is 3.77. The van der Waals surface area contributed by atoms with Crippen molar-refractivity contribution < 1.29 is 9.53 Å². The second-order valence-corrected chi connectivity index (χ2v) is 7.64. The number of benzene rings is 1. The Labute approximate surface area is 182 Å². The van der Waals surface area contributed by atoms with Gasteiger partial charge in [-0.1, -0.05) is 11.8 Å². The molecule has 0 radical (unpaired) electrons. The zero-order valence-corrected chi connectivity index (χ0v) is 18.3. The molecule has 3 aromatic rings. The van der Waals surface area contributed by atoms with Crippen LogP contribution in [0.5, 0.6) is 5.75 Å². The Morgan fingerprint density at radius 3 is 2.61 bits per heavy atom. The van der Waals surface area contributed by atoms with Crippen molar-refractivity contribution in [2.24, 2.45) is 10.2 Å². The Morgan fingerprint density at radius 2 is 1.97 bits per heavy atom. The predicted octanol–water partition coefficient (Wildman–Crippen LogP) is 4.22. The Balaban J connectivity index is 1.78. The van der Waals surface area contributed by atoms with E-state index in [2.05, 4.69) is 26.4 Å². The van der Waals surface area contributed by atoms with Gasteiger partial charge in [-0.05, 0) is 56.7 Å². The summed E-state index contributed by atoms with van der Waals surface area (Å²) in [6.07, 6.45) is 0. The molecule has 158 valence electrons. The molecule has 1 N–H and O–H groups in total. The van der Waals surface area contributed by atoms with E-state index in [4.69, 9.17) is 4.74 Å². The first-order valence-electron chi connectivity index (χ1n) is 9.25. The van der Waals surface area contributed by atoms with E-state index in [1.807, 2.05) is 19.9 Å². The summed E-state index contributed by atoms with van der Waals surface area (Å²) in [6.45, 7) is 5.27. The molecular formula is C21H20N6O3S. The van der Waals surface area contributed by atoms with Crippen LogP contribution in [-0.4, -0.2) is 33.5 Å². The summed E-state index contributed by atoms with van der Waals surface area (Å²) in [4.78, 5) is 29.6. The molecular weight excluding hydrogens is 416 g/mol. The minimum Gasteiger partial charge on any atom is -0.497 e. The monoisotopic (exact) mass is 436 g/mol. The van der Waals surface area contributed by atoms with Gasteiger partial charge in [0.05, 0.1) is 29.8 Å². The van der Waals surface area contributed by atoms with Crippen molar-refractivity contribution in [1.82, 2.24) is 14.8 Å². The summed E-state index contributed by atoms with van der Waals surface area (Å²) in [5.41, 5.74) is 2.39. The molecule has 0 aliphatic carbocycles. The van der Waals surface area contributed by atoms with E-state index in [0.717, 1.165) is 27.7 Å².